The summed E-state index contributed by atoms with van der Waals surface area (Å²) in [5.74, 6) is 0.182. The number of hydrogen-bond donors (Lipinski definition) is 2. The van der Waals surface area contributed by atoms with Crippen LogP contribution in [0.25, 0.3) is 0 Å². The third-order valence-electron chi connectivity index (χ3n) is 3.16. The van der Waals surface area contributed by atoms with Crippen molar-refractivity contribution in [2.24, 2.45) is 0 Å². The molecule has 3 nitrogen and oxygen atoms in total. The second-order valence-electron chi connectivity index (χ2n) is 6.24. The van der Waals surface area contributed by atoms with Gasteiger partial charge in [0.2, 0.25) is 5.91 Å². The molecule has 0 bridgehead atoms. The zero-order valence-electron chi connectivity index (χ0n) is 11.2. The van der Waals surface area contributed by atoms with E-state index in [9.17, 15) is 4.79 Å². The summed E-state index contributed by atoms with van der Waals surface area (Å²) in [6.07, 6.45) is 5.33. The fraction of sp³-hybridized carbons (Fsp3) is 0.923. The van der Waals surface area contributed by atoms with Crippen LogP contribution < -0.4 is 10.6 Å². The molecule has 0 heterocycles. The van der Waals surface area contributed by atoms with Gasteiger partial charge in [-0.1, -0.05) is 12.8 Å². The van der Waals surface area contributed by atoms with E-state index in [2.05, 4.69) is 38.3 Å². The van der Waals surface area contributed by atoms with E-state index in [1.807, 2.05) is 0 Å². The molecule has 1 fully saturated rings. The van der Waals surface area contributed by atoms with Gasteiger partial charge in [-0.3, -0.25) is 4.79 Å². The summed E-state index contributed by atoms with van der Waals surface area (Å²) in [5, 5.41) is 6.49. The van der Waals surface area contributed by atoms with Gasteiger partial charge in [-0.15, -0.1) is 0 Å². The summed E-state index contributed by atoms with van der Waals surface area (Å²) in [6.45, 7) is 9.26. The first kappa shape index (κ1) is 13.5. The van der Waals surface area contributed by atoms with E-state index in [1.54, 1.807) is 0 Å². The van der Waals surface area contributed by atoms with Crippen LogP contribution in [0.2, 0.25) is 0 Å². The Morgan fingerprint density at radius 1 is 1.25 bits per heavy atom. The molecule has 0 atom stereocenters. The maximum absolute atomic E-state index is 11.7. The fourth-order valence-corrected chi connectivity index (χ4v) is 2.23. The molecular formula is C13H26N2O. The van der Waals surface area contributed by atoms with Crippen molar-refractivity contribution in [3.8, 4) is 0 Å². The van der Waals surface area contributed by atoms with Crippen LogP contribution in [-0.4, -0.2) is 23.5 Å². The van der Waals surface area contributed by atoms with E-state index < -0.39 is 0 Å². The molecule has 0 aromatic heterocycles. The zero-order chi connectivity index (χ0) is 12.2. The molecule has 94 valence electrons. The first-order valence-electron chi connectivity index (χ1n) is 6.37. The fourth-order valence-electron chi connectivity index (χ4n) is 2.23. The maximum atomic E-state index is 11.7. The Bertz CT molecular complexity index is 237. The Morgan fingerprint density at radius 3 is 2.31 bits per heavy atom. The molecule has 0 aromatic rings. The molecular weight excluding hydrogens is 200 g/mol. The molecule has 1 rings (SSSR count). The van der Waals surface area contributed by atoms with Crippen LogP contribution in [0.1, 0.15) is 59.8 Å². The summed E-state index contributed by atoms with van der Waals surface area (Å²) in [6, 6.07) is 0. The van der Waals surface area contributed by atoms with Crippen molar-refractivity contribution in [2.45, 2.75) is 70.9 Å². The molecule has 1 amide bonds. The monoisotopic (exact) mass is 226 g/mol. The average molecular weight is 226 g/mol. The molecule has 0 spiro atoms. The van der Waals surface area contributed by atoms with Crippen LogP contribution in [0.5, 0.6) is 0 Å². The van der Waals surface area contributed by atoms with Crippen LogP contribution in [-0.2, 0) is 4.79 Å². The van der Waals surface area contributed by atoms with Gasteiger partial charge in [0, 0.05) is 24.0 Å². The SMILES string of the molecule is CC(C)(C)NCCC(=O)NC1(C)CCCC1. The van der Waals surface area contributed by atoms with Crippen molar-refractivity contribution >= 4 is 5.91 Å². The van der Waals surface area contributed by atoms with Crippen molar-refractivity contribution < 1.29 is 4.79 Å². The van der Waals surface area contributed by atoms with Gasteiger partial charge >= 0.3 is 0 Å². The van der Waals surface area contributed by atoms with Gasteiger partial charge in [-0.05, 0) is 40.5 Å². The number of amides is 1. The Morgan fingerprint density at radius 2 is 1.81 bits per heavy atom. The van der Waals surface area contributed by atoms with Gasteiger partial charge in [0.05, 0.1) is 0 Å². The van der Waals surface area contributed by atoms with Crippen molar-refractivity contribution in [1.29, 1.82) is 0 Å². The van der Waals surface area contributed by atoms with E-state index in [-0.39, 0.29) is 17.0 Å². The lowest BCUT2D eigenvalue weighted by molar-refractivity contribution is -0.122. The van der Waals surface area contributed by atoms with Crippen LogP contribution in [0.4, 0.5) is 0 Å². The first-order chi connectivity index (χ1) is 7.31. The highest BCUT2D eigenvalue weighted by Gasteiger charge is 2.29. The Hall–Kier alpha value is -0.570. The van der Waals surface area contributed by atoms with Gasteiger partial charge < -0.3 is 10.6 Å². The number of hydrogen-bond acceptors (Lipinski definition) is 2. The number of carbonyl (C=O) groups is 1. The van der Waals surface area contributed by atoms with Gasteiger partial charge in [0.15, 0.2) is 0 Å². The second-order valence-corrected chi connectivity index (χ2v) is 6.24. The van der Waals surface area contributed by atoms with Gasteiger partial charge in [-0.25, -0.2) is 0 Å². The lowest BCUT2D eigenvalue weighted by atomic mass is 10.0. The summed E-state index contributed by atoms with van der Waals surface area (Å²) in [4.78, 5) is 11.7. The zero-order valence-corrected chi connectivity index (χ0v) is 11.2. The molecule has 1 aliphatic rings. The molecule has 0 aliphatic heterocycles. The molecule has 1 aliphatic carbocycles. The van der Waals surface area contributed by atoms with E-state index >= 15 is 0 Å². The van der Waals surface area contributed by atoms with Crippen LogP contribution in [0.15, 0.2) is 0 Å². The van der Waals surface area contributed by atoms with Crippen molar-refractivity contribution in [3.05, 3.63) is 0 Å². The lowest BCUT2D eigenvalue weighted by Crippen LogP contribution is -2.45. The maximum Gasteiger partial charge on any atom is 0.221 e. The molecule has 16 heavy (non-hydrogen) atoms. The van der Waals surface area contributed by atoms with Crippen LogP contribution in [0, 0.1) is 0 Å². The summed E-state index contributed by atoms with van der Waals surface area (Å²) in [5.41, 5.74) is 0.163. The summed E-state index contributed by atoms with van der Waals surface area (Å²) >= 11 is 0. The van der Waals surface area contributed by atoms with E-state index in [0.717, 1.165) is 19.4 Å². The minimum atomic E-state index is 0.0683. The Kier molecular flexibility index (Phi) is 4.36. The minimum Gasteiger partial charge on any atom is -0.351 e. The van der Waals surface area contributed by atoms with E-state index in [0.29, 0.717) is 6.42 Å². The quantitative estimate of drug-likeness (QED) is 0.771. The van der Waals surface area contributed by atoms with Crippen LogP contribution >= 0.6 is 0 Å². The average Bonchev–Trinajstić information content (AvgIpc) is 2.49. The third kappa shape index (κ3) is 4.97. The highest BCUT2D eigenvalue weighted by molar-refractivity contribution is 5.77. The summed E-state index contributed by atoms with van der Waals surface area (Å²) < 4.78 is 0. The van der Waals surface area contributed by atoms with Gasteiger partial charge in [-0.2, -0.15) is 0 Å². The lowest BCUT2D eigenvalue weighted by Gasteiger charge is -2.26. The highest BCUT2D eigenvalue weighted by atomic mass is 16.1. The predicted octanol–water partition coefficient (Wildman–Crippen LogP) is 2.21. The van der Waals surface area contributed by atoms with E-state index in [1.165, 1.54) is 12.8 Å². The first-order valence-corrected chi connectivity index (χ1v) is 6.37. The molecule has 0 radical (unpaired) electrons. The molecule has 0 saturated heterocycles. The smallest absolute Gasteiger partial charge is 0.221 e. The van der Waals surface area contributed by atoms with Crippen molar-refractivity contribution in [3.63, 3.8) is 0 Å². The predicted molar refractivity (Wildman–Crippen MR) is 67.4 cm³/mol. The largest absolute Gasteiger partial charge is 0.351 e. The van der Waals surface area contributed by atoms with Crippen molar-refractivity contribution in [1.82, 2.24) is 10.6 Å². The van der Waals surface area contributed by atoms with Crippen molar-refractivity contribution in [2.75, 3.05) is 6.54 Å². The Labute approximate surface area is 99.4 Å². The third-order valence-corrected chi connectivity index (χ3v) is 3.16. The van der Waals surface area contributed by atoms with Gasteiger partial charge in [0.1, 0.15) is 0 Å². The Balaban J connectivity index is 2.21. The number of rotatable bonds is 4. The summed E-state index contributed by atoms with van der Waals surface area (Å²) in [7, 11) is 0. The molecule has 1 saturated carbocycles. The normalized spacial score (nSPS) is 19.8. The van der Waals surface area contributed by atoms with Gasteiger partial charge in [0.25, 0.3) is 0 Å². The highest BCUT2D eigenvalue weighted by Crippen LogP contribution is 2.28. The number of carbonyl (C=O) groups excluding carboxylic acids is 1. The van der Waals surface area contributed by atoms with Crippen LogP contribution in [0.3, 0.4) is 0 Å². The molecule has 0 unspecified atom stereocenters. The molecule has 2 N–H and O–H groups in total. The van der Waals surface area contributed by atoms with E-state index in [4.69, 9.17) is 0 Å². The molecule has 3 heteroatoms. The number of nitrogens with one attached hydrogen (secondary N) is 2. The second kappa shape index (κ2) is 5.17. The standard InChI is InChI=1S/C13H26N2O/c1-12(2,3)14-10-7-11(16)15-13(4)8-5-6-9-13/h14H,5-10H2,1-4H3,(H,15,16). The molecule has 0 aromatic carbocycles. The minimum absolute atomic E-state index is 0.0683. The topological polar surface area (TPSA) is 41.1 Å².